The van der Waals surface area contributed by atoms with Gasteiger partial charge in [-0.3, -0.25) is 10.1 Å². The topological polar surface area (TPSA) is 38.3 Å². The molecule has 4 heteroatoms. The first-order valence-electron chi connectivity index (χ1n) is 6.32. The Kier molecular flexibility index (Phi) is 4.40. The Morgan fingerprint density at radius 1 is 1.61 bits per heavy atom. The highest BCUT2D eigenvalue weighted by Gasteiger charge is 2.26. The molecule has 18 heavy (non-hydrogen) atoms. The second-order valence-corrected chi connectivity index (χ2v) is 5.49. The Balaban J connectivity index is 2.03. The molecule has 1 N–H and O–H groups in total. The van der Waals surface area contributed by atoms with Crippen LogP contribution < -0.4 is 5.32 Å². The first kappa shape index (κ1) is 13.6. The van der Waals surface area contributed by atoms with E-state index in [0.29, 0.717) is 6.61 Å². The lowest BCUT2D eigenvalue weighted by Gasteiger charge is -2.19. The SMILES string of the molecule is CCOC(=O)C(C)NC1CCc2cc(Br)ccc21. The minimum atomic E-state index is -0.260. The number of esters is 1. The molecule has 0 aromatic heterocycles. The Morgan fingerprint density at radius 2 is 2.39 bits per heavy atom. The normalized spacial score (nSPS) is 19.4. The van der Waals surface area contributed by atoms with Gasteiger partial charge in [0.25, 0.3) is 0 Å². The molecule has 98 valence electrons. The Hall–Kier alpha value is -0.870. The molecule has 1 aromatic rings. The number of halogens is 1. The maximum absolute atomic E-state index is 11.6. The summed E-state index contributed by atoms with van der Waals surface area (Å²) in [4.78, 5) is 11.6. The average molecular weight is 312 g/mol. The lowest BCUT2D eigenvalue weighted by atomic mass is 10.1. The number of benzene rings is 1. The predicted molar refractivity (Wildman–Crippen MR) is 74.4 cm³/mol. The molecule has 2 rings (SSSR count). The fourth-order valence-corrected chi connectivity index (χ4v) is 2.80. The number of hydrogen-bond donors (Lipinski definition) is 1. The summed E-state index contributed by atoms with van der Waals surface area (Å²) in [6, 6.07) is 6.33. The van der Waals surface area contributed by atoms with Crippen molar-refractivity contribution in [3.8, 4) is 0 Å². The third-order valence-corrected chi connectivity index (χ3v) is 3.77. The quantitative estimate of drug-likeness (QED) is 0.869. The maximum Gasteiger partial charge on any atom is 0.322 e. The van der Waals surface area contributed by atoms with Crippen LogP contribution in [0.15, 0.2) is 22.7 Å². The van der Waals surface area contributed by atoms with Crippen molar-refractivity contribution in [2.75, 3.05) is 6.61 Å². The van der Waals surface area contributed by atoms with Crippen molar-refractivity contribution < 1.29 is 9.53 Å². The Morgan fingerprint density at radius 3 is 3.11 bits per heavy atom. The van der Waals surface area contributed by atoms with Crippen LogP contribution in [0, 0.1) is 0 Å². The van der Waals surface area contributed by atoms with Gasteiger partial charge in [-0.25, -0.2) is 0 Å². The van der Waals surface area contributed by atoms with E-state index in [-0.39, 0.29) is 18.1 Å². The molecular weight excluding hydrogens is 294 g/mol. The van der Waals surface area contributed by atoms with Gasteiger partial charge in [0.15, 0.2) is 0 Å². The monoisotopic (exact) mass is 311 g/mol. The van der Waals surface area contributed by atoms with Crippen molar-refractivity contribution in [3.63, 3.8) is 0 Å². The van der Waals surface area contributed by atoms with Gasteiger partial charge in [0.1, 0.15) is 6.04 Å². The van der Waals surface area contributed by atoms with Gasteiger partial charge in [0.2, 0.25) is 0 Å². The van der Waals surface area contributed by atoms with E-state index in [0.717, 1.165) is 17.3 Å². The highest BCUT2D eigenvalue weighted by Crippen LogP contribution is 2.33. The molecule has 1 aliphatic rings. The fourth-order valence-electron chi connectivity index (χ4n) is 2.40. The van der Waals surface area contributed by atoms with Gasteiger partial charge in [0.05, 0.1) is 6.61 Å². The predicted octanol–water partition coefficient (Wildman–Crippen LogP) is 2.98. The van der Waals surface area contributed by atoms with E-state index >= 15 is 0 Å². The molecule has 0 amide bonds. The van der Waals surface area contributed by atoms with Crippen LogP contribution in [0.25, 0.3) is 0 Å². The first-order valence-corrected chi connectivity index (χ1v) is 7.12. The van der Waals surface area contributed by atoms with Crippen LogP contribution in [0.4, 0.5) is 0 Å². The summed E-state index contributed by atoms with van der Waals surface area (Å²) in [6.07, 6.45) is 2.09. The van der Waals surface area contributed by atoms with Crippen molar-refractivity contribution >= 4 is 21.9 Å². The minimum absolute atomic E-state index is 0.178. The second kappa shape index (κ2) is 5.85. The van der Waals surface area contributed by atoms with Crippen LogP contribution in [-0.2, 0) is 16.0 Å². The summed E-state index contributed by atoms with van der Waals surface area (Å²) >= 11 is 3.48. The van der Waals surface area contributed by atoms with Crippen LogP contribution in [-0.4, -0.2) is 18.6 Å². The summed E-state index contributed by atoms with van der Waals surface area (Å²) in [5.74, 6) is -0.178. The number of fused-ring (bicyclic) bond motifs is 1. The summed E-state index contributed by atoms with van der Waals surface area (Å²) in [7, 11) is 0. The molecule has 0 saturated heterocycles. The minimum Gasteiger partial charge on any atom is -0.465 e. The van der Waals surface area contributed by atoms with Crippen LogP contribution in [0.3, 0.4) is 0 Å². The first-order chi connectivity index (χ1) is 8.61. The van der Waals surface area contributed by atoms with Crippen molar-refractivity contribution in [2.24, 2.45) is 0 Å². The van der Waals surface area contributed by atoms with E-state index in [1.54, 1.807) is 0 Å². The summed E-state index contributed by atoms with van der Waals surface area (Å²) in [5.41, 5.74) is 2.66. The Labute approximate surface area is 116 Å². The summed E-state index contributed by atoms with van der Waals surface area (Å²) in [6.45, 7) is 4.11. The van der Waals surface area contributed by atoms with Crippen LogP contribution in [0.1, 0.15) is 37.4 Å². The highest BCUT2D eigenvalue weighted by atomic mass is 79.9. The van der Waals surface area contributed by atoms with Crippen molar-refractivity contribution in [2.45, 2.75) is 38.8 Å². The van der Waals surface area contributed by atoms with E-state index in [1.807, 2.05) is 19.9 Å². The van der Waals surface area contributed by atoms with Gasteiger partial charge in [-0.15, -0.1) is 0 Å². The molecule has 0 saturated carbocycles. The fraction of sp³-hybridized carbons (Fsp3) is 0.500. The zero-order valence-corrected chi connectivity index (χ0v) is 12.3. The van der Waals surface area contributed by atoms with E-state index < -0.39 is 0 Å². The zero-order chi connectivity index (χ0) is 13.1. The molecule has 1 aliphatic carbocycles. The molecule has 0 bridgehead atoms. The van der Waals surface area contributed by atoms with Crippen LogP contribution >= 0.6 is 15.9 Å². The number of hydrogen-bond acceptors (Lipinski definition) is 3. The molecule has 2 unspecified atom stereocenters. The van der Waals surface area contributed by atoms with Gasteiger partial charge in [-0.1, -0.05) is 22.0 Å². The van der Waals surface area contributed by atoms with Crippen molar-refractivity contribution in [3.05, 3.63) is 33.8 Å². The molecule has 2 atom stereocenters. The molecule has 0 fully saturated rings. The third kappa shape index (κ3) is 2.93. The number of nitrogens with one attached hydrogen (secondary N) is 1. The van der Waals surface area contributed by atoms with E-state index in [9.17, 15) is 4.79 Å². The molecule has 0 aliphatic heterocycles. The van der Waals surface area contributed by atoms with Crippen molar-refractivity contribution in [1.82, 2.24) is 5.32 Å². The Bertz CT molecular complexity index is 447. The van der Waals surface area contributed by atoms with Gasteiger partial charge in [-0.05, 0) is 49.9 Å². The van der Waals surface area contributed by atoms with E-state index in [1.165, 1.54) is 11.1 Å². The number of aryl methyl sites for hydroxylation is 1. The smallest absolute Gasteiger partial charge is 0.322 e. The number of carbonyl (C=O) groups excluding carboxylic acids is 1. The summed E-state index contributed by atoms with van der Waals surface area (Å²) in [5, 5.41) is 3.35. The molecule has 1 aromatic carbocycles. The standard InChI is InChI=1S/C14H18BrNO2/c1-3-18-14(17)9(2)16-13-7-4-10-8-11(15)5-6-12(10)13/h5-6,8-9,13,16H,3-4,7H2,1-2H3. The average Bonchev–Trinajstić information content (AvgIpc) is 2.72. The van der Waals surface area contributed by atoms with Gasteiger partial charge in [-0.2, -0.15) is 0 Å². The third-order valence-electron chi connectivity index (χ3n) is 3.27. The molecule has 0 spiro atoms. The van der Waals surface area contributed by atoms with Gasteiger partial charge < -0.3 is 4.74 Å². The second-order valence-electron chi connectivity index (χ2n) is 4.57. The molecule has 0 radical (unpaired) electrons. The van der Waals surface area contributed by atoms with Crippen LogP contribution in [0.2, 0.25) is 0 Å². The van der Waals surface area contributed by atoms with E-state index in [2.05, 4.69) is 33.4 Å². The lowest BCUT2D eigenvalue weighted by Crippen LogP contribution is -2.37. The zero-order valence-electron chi connectivity index (χ0n) is 10.7. The number of carbonyl (C=O) groups is 1. The van der Waals surface area contributed by atoms with Crippen LogP contribution in [0.5, 0.6) is 0 Å². The van der Waals surface area contributed by atoms with Gasteiger partial charge in [0, 0.05) is 10.5 Å². The molecule has 0 heterocycles. The lowest BCUT2D eigenvalue weighted by molar-refractivity contribution is -0.145. The van der Waals surface area contributed by atoms with Gasteiger partial charge >= 0.3 is 5.97 Å². The number of ether oxygens (including phenoxy) is 1. The molecule has 3 nitrogen and oxygen atoms in total. The largest absolute Gasteiger partial charge is 0.465 e. The highest BCUT2D eigenvalue weighted by molar-refractivity contribution is 9.10. The van der Waals surface area contributed by atoms with E-state index in [4.69, 9.17) is 4.74 Å². The maximum atomic E-state index is 11.6. The molecular formula is C14H18BrNO2. The summed E-state index contributed by atoms with van der Waals surface area (Å²) < 4.78 is 6.12. The number of rotatable bonds is 4. The van der Waals surface area contributed by atoms with Crippen molar-refractivity contribution in [1.29, 1.82) is 0 Å².